The zero-order chi connectivity index (χ0) is 25.6. The molecule has 3 aromatic rings. The molecule has 188 valence electrons. The minimum absolute atomic E-state index is 0.103. The lowest BCUT2D eigenvalue weighted by molar-refractivity contribution is -0.136. The van der Waals surface area contributed by atoms with Crippen LogP contribution in [-0.4, -0.2) is 66.4 Å². The number of nitriles is 1. The van der Waals surface area contributed by atoms with Gasteiger partial charge in [-0.25, -0.2) is 0 Å². The van der Waals surface area contributed by atoms with Gasteiger partial charge in [0.2, 0.25) is 5.91 Å². The van der Waals surface area contributed by atoms with Gasteiger partial charge in [-0.1, -0.05) is 60.7 Å². The number of hydrogen-bond donors (Lipinski definition) is 1. The second-order valence-corrected chi connectivity index (χ2v) is 9.64. The molecule has 0 saturated carbocycles. The highest BCUT2D eigenvalue weighted by molar-refractivity contribution is 5.94. The van der Waals surface area contributed by atoms with Crippen LogP contribution in [0, 0.1) is 11.3 Å². The van der Waals surface area contributed by atoms with Gasteiger partial charge in [-0.15, -0.1) is 0 Å². The molecule has 1 N–H and O–H groups in total. The number of benzene rings is 3. The molecule has 2 heterocycles. The smallest absolute Gasteiger partial charge is 0.251 e. The van der Waals surface area contributed by atoms with Gasteiger partial charge in [-0.05, 0) is 36.2 Å². The van der Waals surface area contributed by atoms with E-state index in [1.54, 1.807) is 12.1 Å². The number of nitrogens with one attached hydrogen (secondary N) is 1. The predicted molar refractivity (Wildman–Crippen MR) is 143 cm³/mol. The summed E-state index contributed by atoms with van der Waals surface area (Å²) >= 11 is 0. The summed E-state index contributed by atoms with van der Waals surface area (Å²) in [7, 11) is 0. The number of amides is 2. The number of carbonyl (C=O) groups excluding carboxylic acids is 2. The summed E-state index contributed by atoms with van der Waals surface area (Å²) in [6.07, 6.45) is 0.585. The van der Waals surface area contributed by atoms with E-state index in [4.69, 9.17) is 0 Å². The van der Waals surface area contributed by atoms with Crippen LogP contribution in [0.25, 0.3) is 0 Å². The van der Waals surface area contributed by atoms with E-state index in [0.29, 0.717) is 56.8 Å². The Bertz CT molecular complexity index is 1270. The highest BCUT2D eigenvalue weighted by Crippen LogP contribution is 2.25. The molecular weight excluding hydrogens is 462 g/mol. The summed E-state index contributed by atoms with van der Waals surface area (Å²) in [5.41, 5.74) is 3.35. The van der Waals surface area contributed by atoms with Crippen molar-refractivity contribution in [1.29, 1.82) is 5.26 Å². The fraction of sp³-hybridized carbons (Fsp3) is 0.300. The number of piperazine rings is 1. The molecule has 0 bridgehead atoms. The van der Waals surface area contributed by atoms with Crippen molar-refractivity contribution in [3.63, 3.8) is 0 Å². The summed E-state index contributed by atoms with van der Waals surface area (Å²) in [5.74, 6) is 0.00346. The van der Waals surface area contributed by atoms with Crippen molar-refractivity contribution in [1.82, 2.24) is 15.1 Å². The number of nitrogens with zero attached hydrogens (tertiary/aromatic N) is 4. The Kier molecular flexibility index (Phi) is 7.48. The summed E-state index contributed by atoms with van der Waals surface area (Å²) in [5, 5.41) is 12.6. The molecule has 7 nitrogen and oxygen atoms in total. The Hall–Kier alpha value is -4.15. The fourth-order valence-corrected chi connectivity index (χ4v) is 5.34. The molecule has 2 fully saturated rings. The van der Waals surface area contributed by atoms with E-state index in [2.05, 4.69) is 33.3 Å². The van der Waals surface area contributed by atoms with Crippen LogP contribution >= 0.6 is 0 Å². The van der Waals surface area contributed by atoms with Crippen molar-refractivity contribution < 1.29 is 9.59 Å². The Labute approximate surface area is 217 Å². The first-order valence-electron chi connectivity index (χ1n) is 12.8. The van der Waals surface area contributed by atoms with E-state index < -0.39 is 0 Å². The summed E-state index contributed by atoms with van der Waals surface area (Å²) < 4.78 is 0. The van der Waals surface area contributed by atoms with Crippen molar-refractivity contribution in [2.45, 2.75) is 25.0 Å². The third-order valence-corrected chi connectivity index (χ3v) is 7.24. The van der Waals surface area contributed by atoms with Crippen molar-refractivity contribution in [3.8, 4) is 6.07 Å². The molecule has 2 saturated heterocycles. The standard InChI is InChI=1S/C30H31N5O2/c31-20-25-13-7-8-14-27(25)33-15-17-34(18-16-33)30(37)28-19-26(32-29(36)24-11-5-2-6-12-24)22-35(28)21-23-9-3-1-4-10-23/h1-14,26,28H,15-19,21-22H2,(H,32,36). The molecule has 2 aliphatic rings. The quantitative estimate of drug-likeness (QED) is 0.570. The molecule has 5 rings (SSSR count). The highest BCUT2D eigenvalue weighted by atomic mass is 16.2. The Balaban J connectivity index is 1.27. The molecular formula is C30H31N5O2. The number of likely N-dealkylation sites (tertiary alicyclic amines) is 1. The molecule has 2 aliphatic heterocycles. The van der Waals surface area contributed by atoms with Gasteiger partial charge in [-0.3, -0.25) is 14.5 Å². The third kappa shape index (κ3) is 5.65. The average molecular weight is 494 g/mol. The van der Waals surface area contributed by atoms with Gasteiger partial charge in [-0.2, -0.15) is 5.26 Å². The van der Waals surface area contributed by atoms with Crippen LogP contribution in [-0.2, 0) is 11.3 Å². The SMILES string of the molecule is N#Cc1ccccc1N1CCN(C(=O)C2CC(NC(=O)c3ccccc3)CN2Cc2ccccc2)CC1. The van der Waals surface area contributed by atoms with Crippen LogP contribution in [0.2, 0.25) is 0 Å². The summed E-state index contributed by atoms with van der Waals surface area (Å²) in [4.78, 5) is 32.9. The van der Waals surface area contributed by atoms with E-state index >= 15 is 0 Å². The molecule has 2 atom stereocenters. The highest BCUT2D eigenvalue weighted by Gasteiger charge is 2.40. The molecule has 0 aromatic heterocycles. The van der Waals surface area contributed by atoms with Crippen molar-refractivity contribution >= 4 is 17.5 Å². The third-order valence-electron chi connectivity index (χ3n) is 7.24. The minimum Gasteiger partial charge on any atom is -0.367 e. The molecule has 7 heteroatoms. The van der Waals surface area contributed by atoms with E-state index in [1.807, 2.05) is 65.6 Å². The number of carbonyl (C=O) groups is 2. The lowest BCUT2D eigenvalue weighted by atomic mass is 10.1. The maximum atomic E-state index is 13.8. The van der Waals surface area contributed by atoms with Crippen molar-refractivity contribution in [2.75, 3.05) is 37.6 Å². The summed E-state index contributed by atoms with van der Waals surface area (Å²) in [6.45, 7) is 3.86. The van der Waals surface area contributed by atoms with Gasteiger partial charge in [0, 0.05) is 50.9 Å². The van der Waals surface area contributed by atoms with Crippen LogP contribution in [0.15, 0.2) is 84.9 Å². The largest absolute Gasteiger partial charge is 0.367 e. The van der Waals surface area contributed by atoms with E-state index in [-0.39, 0.29) is 23.9 Å². The maximum absolute atomic E-state index is 13.8. The first-order valence-corrected chi connectivity index (χ1v) is 12.8. The van der Waals surface area contributed by atoms with Gasteiger partial charge >= 0.3 is 0 Å². The minimum atomic E-state index is -0.292. The Morgan fingerprint density at radius 3 is 2.22 bits per heavy atom. The topological polar surface area (TPSA) is 79.7 Å². The van der Waals surface area contributed by atoms with Gasteiger partial charge < -0.3 is 15.1 Å². The van der Waals surface area contributed by atoms with Crippen LogP contribution in [0.4, 0.5) is 5.69 Å². The van der Waals surface area contributed by atoms with Crippen LogP contribution in [0.1, 0.15) is 27.9 Å². The van der Waals surface area contributed by atoms with Crippen molar-refractivity contribution in [2.24, 2.45) is 0 Å². The van der Waals surface area contributed by atoms with E-state index in [9.17, 15) is 14.9 Å². The fourth-order valence-electron chi connectivity index (χ4n) is 5.34. The zero-order valence-corrected chi connectivity index (χ0v) is 20.8. The maximum Gasteiger partial charge on any atom is 0.251 e. The Morgan fingerprint density at radius 1 is 0.865 bits per heavy atom. The monoisotopic (exact) mass is 493 g/mol. The van der Waals surface area contributed by atoms with Gasteiger partial charge in [0.15, 0.2) is 0 Å². The van der Waals surface area contributed by atoms with Gasteiger partial charge in [0.25, 0.3) is 5.91 Å². The molecule has 0 aliphatic carbocycles. The van der Waals surface area contributed by atoms with Gasteiger partial charge in [0.1, 0.15) is 6.07 Å². The van der Waals surface area contributed by atoms with Crippen LogP contribution in [0.3, 0.4) is 0 Å². The number of rotatable bonds is 6. The lowest BCUT2D eigenvalue weighted by Gasteiger charge is -2.38. The van der Waals surface area contributed by atoms with E-state index in [1.165, 1.54) is 0 Å². The lowest BCUT2D eigenvalue weighted by Crippen LogP contribution is -2.53. The van der Waals surface area contributed by atoms with Crippen LogP contribution in [0.5, 0.6) is 0 Å². The second-order valence-electron chi connectivity index (χ2n) is 9.64. The number of para-hydroxylation sites is 1. The first kappa shape index (κ1) is 24.5. The molecule has 0 radical (unpaired) electrons. The molecule has 37 heavy (non-hydrogen) atoms. The predicted octanol–water partition coefficient (Wildman–Crippen LogP) is 3.28. The van der Waals surface area contributed by atoms with Crippen molar-refractivity contribution in [3.05, 3.63) is 102 Å². The number of anilines is 1. The van der Waals surface area contributed by atoms with Gasteiger partial charge in [0.05, 0.1) is 17.3 Å². The molecule has 3 aromatic carbocycles. The molecule has 0 spiro atoms. The normalized spacial score (nSPS) is 19.9. The molecule has 2 unspecified atom stereocenters. The van der Waals surface area contributed by atoms with E-state index in [0.717, 1.165) is 11.3 Å². The Morgan fingerprint density at radius 2 is 1.51 bits per heavy atom. The average Bonchev–Trinajstić information content (AvgIpc) is 3.35. The summed E-state index contributed by atoms with van der Waals surface area (Å²) in [6, 6.07) is 28.8. The number of hydrogen-bond acceptors (Lipinski definition) is 5. The first-order chi connectivity index (χ1) is 18.1. The van der Waals surface area contributed by atoms with Crippen LogP contribution < -0.4 is 10.2 Å². The molecule has 2 amide bonds. The zero-order valence-electron chi connectivity index (χ0n) is 20.8. The second kappa shape index (κ2) is 11.3.